The number of nitrogens with zero attached hydrogens (tertiary/aromatic N) is 3. The van der Waals surface area contributed by atoms with Gasteiger partial charge in [0.05, 0.1) is 24.3 Å². The first-order chi connectivity index (χ1) is 4.88. The van der Waals surface area contributed by atoms with Crippen LogP contribution in [0, 0.1) is 0 Å². The molecule has 0 aliphatic carbocycles. The first kappa shape index (κ1) is 7.82. The van der Waals surface area contributed by atoms with Gasteiger partial charge in [0.15, 0.2) is 0 Å². The molecule has 0 amide bonds. The molecular formula is C5H7Cl2N3. The average Bonchev–Trinajstić information content (AvgIpc) is 2.36. The van der Waals surface area contributed by atoms with Crippen LogP contribution < -0.4 is 0 Å². The highest BCUT2D eigenvalue weighted by Gasteiger charge is 1.99. The van der Waals surface area contributed by atoms with Crippen LogP contribution in [0.5, 0.6) is 0 Å². The maximum Gasteiger partial charge on any atom is 0.0737 e. The van der Waals surface area contributed by atoms with E-state index in [2.05, 4.69) is 10.3 Å². The summed E-state index contributed by atoms with van der Waals surface area (Å²) in [4.78, 5) is 0. The normalized spacial score (nSPS) is 10.2. The van der Waals surface area contributed by atoms with Crippen molar-refractivity contribution in [3.63, 3.8) is 0 Å². The molecule has 0 saturated heterocycles. The SMILES string of the molecule is ClCCn1nncc1CCl. The molecular weight excluding hydrogens is 173 g/mol. The van der Waals surface area contributed by atoms with E-state index >= 15 is 0 Å². The number of hydrogen-bond donors (Lipinski definition) is 0. The molecule has 1 heterocycles. The lowest BCUT2D eigenvalue weighted by molar-refractivity contribution is 0.612. The number of alkyl halides is 2. The standard InChI is InChI=1S/C5H7Cl2N3/c6-1-2-10-5(3-7)4-8-9-10/h4H,1-3H2. The second kappa shape index (κ2) is 3.78. The first-order valence-corrected chi connectivity index (χ1v) is 3.94. The van der Waals surface area contributed by atoms with Gasteiger partial charge in [0, 0.05) is 5.88 Å². The van der Waals surface area contributed by atoms with Gasteiger partial charge in [-0.15, -0.1) is 28.3 Å². The van der Waals surface area contributed by atoms with Gasteiger partial charge < -0.3 is 0 Å². The summed E-state index contributed by atoms with van der Waals surface area (Å²) in [6.07, 6.45) is 1.64. The highest BCUT2D eigenvalue weighted by Crippen LogP contribution is 2.00. The number of rotatable bonds is 3. The van der Waals surface area contributed by atoms with Gasteiger partial charge in [-0.2, -0.15) is 0 Å². The van der Waals surface area contributed by atoms with E-state index < -0.39 is 0 Å². The molecule has 0 saturated carbocycles. The van der Waals surface area contributed by atoms with Gasteiger partial charge in [0.2, 0.25) is 0 Å². The highest BCUT2D eigenvalue weighted by atomic mass is 35.5. The summed E-state index contributed by atoms with van der Waals surface area (Å²) < 4.78 is 1.69. The molecule has 1 aromatic heterocycles. The Morgan fingerprint density at radius 3 is 2.90 bits per heavy atom. The van der Waals surface area contributed by atoms with Crippen molar-refractivity contribution >= 4 is 23.2 Å². The van der Waals surface area contributed by atoms with Crippen molar-refractivity contribution in [3.8, 4) is 0 Å². The topological polar surface area (TPSA) is 30.7 Å². The highest BCUT2D eigenvalue weighted by molar-refractivity contribution is 6.18. The molecule has 3 nitrogen and oxygen atoms in total. The number of halogens is 2. The molecule has 0 atom stereocenters. The Hall–Kier alpha value is -0.280. The van der Waals surface area contributed by atoms with E-state index in [4.69, 9.17) is 23.2 Å². The minimum Gasteiger partial charge on any atom is -0.247 e. The van der Waals surface area contributed by atoms with Gasteiger partial charge in [-0.1, -0.05) is 5.21 Å². The maximum atomic E-state index is 5.57. The van der Waals surface area contributed by atoms with Crippen molar-refractivity contribution in [2.45, 2.75) is 12.4 Å². The molecule has 0 aromatic carbocycles. The van der Waals surface area contributed by atoms with E-state index in [0.717, 1.165) is 5.69 Å². The molecule has 0 fully saturated rings. The molecule has 0 radical (unpaired) electrons. The van der Waals surface area contributed by atoms with Crippen LogP contribution in [-0.2, 0) is 12.4 Å². The first-order valence-electron chi connectivity index (χ1n) is 2.87. The number of aromatic nitrogens is 3. The molecule has 0 N–H and O–H groups in total. The molecule has 0 aliphatic rings. The second-order valence-corrected chi connectivity index (χ2v) is 2.42. The van der Waals surface area contributed by atoms with Crippen molar-refractivity contribution < 1.29 is 0 Å². The summed E-state index contributed by atoms with van der Waals surface area (Å²) >= 11 is 11.1. The monoisotopic (exact) mass is 179 g/mol. The zero-order valence-corrected chi connectivity index (χ0v) is 6.81. The van der Waals surface area contributed by atoms with Crippen molar-refractivity contribution in [1.82, 2.24) is 15.0 Å². The van der Waals surface area contributed by atoms with Crippen molar-refractivity contribution in [2.75, 3.05) is 5.88 Å². The van der Waals surface area contributed by atoms with E-state index in [1.807, 2.05) is 0 Å². The minimum atomic E-state index is 0.434. The summed E-state index contributed by atoms with van der Waals surface area (Å²) in [6, 6.07) is 0. The molecule has 1 rings (SSSR count). The van der Waals surface area contributed by atoms with Crippen molar-refractivity contribution in [3.05, 3.63) is 11.9 Å². The maximum absolute atomic E-state index is 5.57. The quantitative estimate of drug-likeness (QED) is 0.655. The van der Waals surface area contributed by atoms with E-state index in [1.165, 1.54) is 0 Å². The third-order valence-corrected chi connectivity index (χ3v) is 1.57. The van der Waals surface area contributed by atoms with Gasteiger partial charge in [-0.3, -0.25) is 0 Å². The molecule has 0 spiro atoms. The molecule has 10 heavy (non-hydrogen) atoms. The van der Waals surface area contributed by atoms with Crippen LogP contribution in [0.3, 0.4) is 0 Å². The van der Waals surface area contributed by atoms with Gasteiger partial charge >= 0.3 is 0 Å². The summed E-state index contributed by atoms with van der Waals surface area (Å²) in [5.74, 6) is 0.969. The second-order valence-electron chi connectivity index (χ2n) is 1.77. The van der Waals surface area contributed by atoms with Crippen LogP contribution >= 0.6 is 23.2 Å². The lowest BCUT2D eigenvalue weighted by Crippen LogP contribution is -2.04. The Morgan fingerprint density at radius 2 is 2.30 bits per heavy atom. The lowest BCUT2D eigenvalue weighted by atomic mass is 10.5. The van der Waals surface area contributed by atoms with E-state index in [1.54, 1.807) is 10.9 Å². The molecule has 0 unspecified atom stereocenters. The molecule has 5 heteroatoms. The predicted molar refractivity (Wildman–Crippen MR) is 40.3 cm³/mol. The Balaban J connectivity index is 2.70. The smallest absolute Gasteiger partial charge is 0.0737 e. The Morgan fingerprint density at radius 1 is 1.50 bits per heavy atom. The Kier molecular flexibility index (Phi) is 2.96. The van der Waals surface area contributed by atoms with Crippen LogP contribution in [0.2, 0.25) is 0 Å². The molecule has 0 aliphatic heterocycles. The summed E-state index contributed by atoms with van der Waals surface area (Å²) in [5, 5.41) is 7.46. The Bertz CT molecular complexity index is 199. The lowest BCUT2D eigenvalue weighted by Gasteiger charge is -1.97. The van der Waals surface area contributed by atoms with Crippen LogP contribution in [0.4, 0.5) is 0 Å². The number of aryl methyl sites for hydroxylation is 1. The van der Waals surface area contributed by atoms with E-state index in [9.17, 15) is 0 Å². The average molecular weight is 180 g/mol. The van der Waals surface area contributed by atoms with Gasteiger partial charge in [0.1, 0.15) is 0 Å². The van der Waals surface area contributed by atoms with E-state index in [0.29, 0.717) is 18.3 Å². The van der Waals surface area contributed by atoms with E-state index in [-0.39, 0.29) is 0 Å². The van der Waals surface area contributed by atoms with Crippen LogP contribution in [0.25, 0.3) is 0 Å². The summed E-state index contributed by atoms with van der Waals surface area (Å²) in [6.45, 7) is 0.670. The summed E-state index contributed by atoms with van der Waals surface area (Å²) in [7, 11) is 0. The Labute approximate surface area is 68.9 Å². The summed E-state index contributed by atoms with van der Waals surface area (Å²) in [5.41, 5.74) is 0.905. The van der Waals surface area contributed by atoms with Crippen molar-refractivity contribution in [2.24, 2.45) is 0 Å². The van der Waals surface area contributed by atoms with Gasteiger partial charge in [-0.05, 0) is 0 Å². The fourth-order valence-electron chi connectivity index (χ4n) is 0.651. The van der Waals surface area contributed by atoms with Crippen LogP contribution in [0.1, 0.15) is 5.69 Å². The van der Waals surface area contributed by atoms with Gasteiger partial charge in [0.25, 0.3) is 0 Å². The fourth-order valence-corrected chi connectivity index (χ4v) is 1.02. The van der Waals surface area contributed by atoms with Crippen LogP contribution in [0.15, 0.2) is 6.20 Å². The van der Waals surface area contributed by atoms with Gasteiger partial charge in [-0.25, -0.2) is 4.68 Å². The van der Waals surface area contributed by atoms with Crippen molar-refractivity contribution in [1.29, 1.82) is 0 Å². The minimum absolute atomic E-state index is 0.434. The molecule has 56 valence electrons. The largest absolute Gasteiger partial charge is 0.247 e. The molecule has 1 aromatic rings. The zero-order valence-electron chi connectivity index (χ0n) is 5.30. The number of hydrogen-bond acceptors (Lipinski definition) is 2. The third kappa shape index (κ3) is 1.61. The predicted octanol–water partition coefficient (Wildman–Crippen LogP) is 1.26. The third-order valence-electron chi connectivity index (χ3n) is 1.13. The molecule has 0 bridgehead atoms. The fraction of sp³-hybridized carbons (Fsp3) is 0.600. The van der Waals surface area contributed by atoms with Crippen LogP contribution in [-0.4, -0.2) is 20.9 Å². The zero-order chi connectivity index (χ0) is 7.40.